The first-order valence-corrected chi connectivity index (χ1v) is 6.55. The van der Waals surface area contributed by atoms with Gasteiger partial charge in [0, 0.05) is 15.6 Å². The van der Waals surface area contributed by atoms with Gasteiger partial charge in [0.1, 0.15) is 12.4 Å². The second-order valence-corrected chi connectivity index (χ2v) is 5.04. The molecular formula is C14H9Cl3O2. The Morgan fingerprint density at radius 1 is 1.05 bits per heavy atom. The molecule has 19 heavy (non-hydrogen) atoms. The monoisotopic (exact) mass is 314 g/mol. The van der Waals surface area contributed by atoms with Crippen molar-refractivity contribution in [3.05, 3.63) is 62.6 Å². The van der Waals surface area contributed by atoms with Crippen molar-refractivity contribution in [1.82, 2.24) is 0 Å². The number of halogens is 3. The number of benzene rings is 2. The third kappa shape index (κ3) is 3.41. The van der Waals surface area contributed by atoms with E-state index in [4.69, 9.17) is 39.5 Å². The van der Waals surface area contributed by atoms with Gasteiger partial charge in [-0.15, -0.1) is 0 Å². The summed E-state index contributed by atoms with van der Waals surface area (Å²) in [5.74, 6) is 0.415. The lowest BCUT2D eigenvalue weighted by atomic mass is 10.2. The zero-order valence-corrected chi connectivity index (χ0v) is 12.0. The molecule has 0 amide bonds. The first-order valence-electron chi connectivity index (χ1n) is 5.42. The van der Waals surface area contributed by atoms with Crippen LogP contribution < -0.4 is 4.74 Å². The van der Waals surface area contributed by atoms with Crippen LogP contribution in [0.15, 0.2) is 36.4 Å². The summed E-state index contributed by atoms with van der Waals surface area (Å²) in [4.78, 5) is 11.0. The van der Waals surface area contributed by atoms with Gasteiger partial charge in [0.05, 0.1) is 10.6 Å². The Labute approximate surface area is 125 Å². The maximum absolute atomic E-state index is 11.0. The van der Waals surface area contributed by atoms with Crippen LogP contribution in [0.25, 0.3) is 0 Å². The van der Waals surface area contributed by atoms with Crippen molar-refractivity contribution in [2.75, 3.05) is 0 Å². The average molecular weight is 316 g/mol. The van der Waals surface area contributed by atoms with Gasteiger partial charge >= 0.3 is 0 Å². The van der Waals surface area contributed by atoms with E-state index >= 15 is 0 Å². The second-order valence-electron chi connectivity index (χ2n) is 3.79. The molecule has 0 aromatic heterocycles. The molecule has 2 aromatic rings. The van der Waals surface area contributed by atoms with E-state index in [1.54, 1.807) is 36.4 Å². The van der Waals surface area contributed by atoms with Crippen molar-refractivity contribution in [2.45, 2.75) is 6.61 Å². The van der Waals surface area contributed by atoms with E-state index in [2.05, 4.69) is 0 Å². The predicted molar refractivity (Wildman–Crippen MR) is 77.6 cm³/mol. The number of hydrogen-bond acceptors (Lipinski definition) is 2. The van der Waals surface area contributed by atoms with Crippen molar-refractivity contribution in [3.8, 4) is 5.75 Å². The summed E-state index contributed by atoms with van der Waals surface area (Å²) in [5, 5.41) is 1.48. The van der Waals surface area contributed by atoms with Crippen LogP contribution in [0.1, 0.15) is 15.9 Å². The fourth-order valence-corrected chi connectivity index (χ4v) is 2.14. The van der Waals surface area contributed by atoms with Crippen LogP contribution in [0.2, 0.25) is 15.1 Å². The molecule has 5 heteroatoms. The number of ether oxygens (including phenoxy) is 1. The highest BCUT2D eigenvalue weighted by atomic mass is 35.5. The van der Waals surface area contributed by atoms with Crippen LogP contribution in [0.3, 0.4) is 0 Å². The Morgan fingerprint density at radius 2 is 1.84 bits per heavy atom. The Kier molecular flexibility index (Phi) is 4.70. The molecule has 2 nitrogen and oxygen atoms in total. The summed E-state index contributed by atoms with van der Waals surface area (Å²) in [7, 11) is 0. The van der Waals surface area contributed by atoms with E-state index < -0.39 is 0 Å². The van der Waals surface area contributed by atoms with Crippen LogP contribution in [-0.4, -0.2) is 6.29 Å². The molecule has 2 aromatic carbocycles. The molecule has 0 saturated heterocycles. The van der Waals surface area contributed by atoms with Gasteiger partial charge in [-0.25, -0.2) is 0 Å². The van der Waals surface area contributed by atoms with Crippen LogP contribution >= 0.6 is 34.8 Å². The second kappa shape index (κ2) is 6.29. The lowest BCUT2D eigenvalue weighted by Gasteiger charge is -2.10. The zero-order valence-electron chi connectivity index (χ0n) is 9.70. The van der Waals surface area contributed by atoms with Gasteiger partial charge in [0.2, 0.25) is 0 Å². The van der Waals surface area contributed by atoms with Crippen LogP contribution in [0.5, 0.6) is 5.75 Å². The third-order valence-electron chi connectivity index (χ3n) is 2.52. The number of carbonyl (C=O) groups is 1. The molecular weight excluding hydrogens is 307 g/mol. The first-order chi connectivity index (χ1) is 9.11. The molecule has 2 rings (SSSR count). The molecule has 0 bridgehead atoms. The molecule has 0 aliphatic rings. The molecule has 0 unspecified atom stereocenters. The molecule has 0 N–H and O–H groups in total. The Balaban J connectivity index is 2.21. The van der Waals surface area contributed by atoms with Crippen molar-refractivity contribution in [3.63, 3.8) is 0 Å². The summed E-state index contributed by atoms with van der Waals surface area (Å²) in [6.07, 6.45) is 0.664. The first kappa shape index (κ1) is 14.2. The zero-order chi connectivity index (χ0) is 13.8. The fourth-order valence-electron chi connectivity index (χ4n) is 1.57. The molecule has 0 heterocycles. The Bertz CT molecular complexity index is 612. The van der Waals surface area contributed by atoms with Crippen LogP contribution in [-0.2, 0) is 6.61 Å². The quantitative estimate of drug-likeness (QED) is 0.739. The van der Waals surface area contributed by atoms with Crippen molar-refractivity contribution < 1.29 is 9.53 Å². The average Bonchev–Trinajstić information content (AvgIpc) is 2.40. The van der Waals surface area contributed by atoms with E-state index in [1.165, 1.54) is 0 Å². The summed E-state index contributed by atoms with van der Waals surface area (Å²) < 4.78 is 5.57. The van der Waals surface area contributed by atoms with Gasteiger partial charge in [-0.1, -0.05) is 40.9 Å². The Hall–Kier alpha value is -1.22. The van der Waals surface area contributed by atoms with E-state index in [0.29, 0.717) is 32.7 Å². The molecule has 0 radical (unpaired) electrons. The fraction of sp³-hybridized carbons (Fsp3) is 0.0714. The van der Waals surface area contributed by atoms with Gasteiger partial charge in [-0.3, -0.25) is 4.79 Å². The largest absolute Gasteiger partial charge is 0.488 e. The molecule has 0 spiro atoms. The molecule has 0 atom stereocenters. The van der Waals surface area contributed by atoms with Gasteiger partial charge in [0.15, 0.2) is 6.29 Å². The highest BCUT2D eigenvalue weighted by molar-refractivity contribution is 6.33. The molecule has 0 saturated carbocycles. The van der Waals surface area contributed by atoms with E-state index in [9.17, 15) is 4.79 Å². The van der Waals surface area contributed by atoms with E-state index in [-0.39, 0.29) is 6.61 Å². The molecule has 0 fully saturated rings. The highest BCUT2D eigenvalue weighted by Crippen LogP contribution is 2.27. The maximum atomic E-state index is 11.0. The van der Waals surface area contributed by atoms with Gasteiger partial charge in [0.25, 0.3) is 0 Å². The summed E-state index contributed by atoms with van der Waals surface area (Å²) >= 11 is 17.8. The minimum Gasteiger partial charge on any atom is -0.488 e. The van der Waals surface area contributed by atoms with Crippen molar-refractivity contribution >= 4 is 41.1 Å². The minimum atomic E-state index is 0.209. The minimum absolute atomic E-state index is 0.209. The van der Waals surface area contributed by atoms with Crippen LogP contribution in [0.4, 0.5) is 0 Å². The van der Waals surface area contributed by atoms with Crippen molar-refractivity contribution in [2.24, 2.45) is 0 Å². The lowest BCUT2D eigenvalue weighted by Crippen LogP contribution is -1.99. The third-order valence-corrected chi connectivity index (χ3v) is 3.46. The van der Waals surface area contributed by atoms with Gasteiger partial charge in [-0.2, -0.15) is 0 Å². The predicted octanol–water partition coefficient (Wildman–Crippen LogP) is 5.04. The SMILES string of the molecule is O=Cc1c(Cl)cccc1OCc1cc(Cl)ccc1Cl. The summed E-state index contributed by atoms with van der Waals surface area (Å²) in [6.45, 7) is 0.209. The normalized spacial score (nSPS) is 10.3. The number of aldehydes is 1. The lowest BCUT2D eigenvalue weighted by molar-refractivity contribution is 0.111. The van der Waals surface area contributed by atoms with Gasteiger partial charge < -0.3 is 4.74 Å². The van der Waals surface area contributed by atoms with Crippen LogP contribution in [0, 0.1) is 0 Å². The van der Waals surface area contributed by atoms with Crippen molar-refractivity contribution in [1.29, 1.82) is 0 Å². The topological polar surface area (TPSA) is 26.3 Å². The smallest absolute Gasteiger partial charge is 0.155 e. The van der Waals surface area contributed by atoms with E-state index in [1.807, 2.05) is 0 Å². The Morgan fingerprint density at radius 3 is 2.58 bits per heavy atom. The highest BCUT2D eigenvalue weighted by Gasteiger charge is 2.08. The number of carbonyl (C=O) groups excluding carboxylic acids is 1. The standard InChI is InChI=1S/C14H9Cl3O2/c15-10-4-5-12(16)9(6-10)8-19-14-3-1-2-13(17)11(14)7-18/h1-7H,8H2. The summed E-state index contributed by atoms with van der Waals surface area (Å²) in [6, 6.07) is 10.1. The summed E-state index contributed by atoms with van der Waals surface area (Å²) in [5.41, 5.74) is 1.06. The number of rotatable bonds is 4. The molecule has 0 aliphatic carbocycles. The molecule has 98 valence electrons. The van der Waals surface area contributed by atoms with Gasteiger partial charge in [-0.05, 0) is 30.3 Å². The maximum Gasteiger partial charge on any atom is 0.155 e. The molecule has 0 aliphatic heterocycles. The number of hydrogen-bond donors (Lipinski definition) is 0. The van der Waals surface area contributed by atoms with E-state index in [0.717, 1.165) is 5.56 Å².